The number of quaternary nitrogens is 1. The van der Waals surface area contributed by atoms with Crippen molar-refractivity contribution in [3.05, 3.63) is 58.9 Å². The number of piperazine rings is 1. The number of hydrogen-bond donors (Lipinski definition) is 1. The number of rotatable bonds is 7. The molecule has 1 aliphatic heterocycles. The zero-order valence-corrected chi connectivity index (χ0v) is 17.7. The highest BCUT2D eigenvalue weighted by Gasteiger charge is 2.25. The van der Waals surface area contributed by atoms with Gasteiger partial charge < -0.3 is 19.4 Å². The summed E-state index contributed by atoms with van der Waals surface area (Å²) in [5, 5.41) is 0.760. The van der Waals surface area contributed by atoms with Gasteiger partial charge in [0.05, 0.1) is 44.0 Å². The van der Waals surface area contributed by atoms with Crippen LogP contribution in [0.25, 0.3) is 0 Å². The zero-order valence-electron chi connectivity index (χ0n) is 17.0. The topological polar surface area (TPSA) is 37.2 Å². The van der Waals surface area contributed by atoms with Gasteiger partial charge in [-0.2, -0.15) is 0 Å². The quantitative estimate of drug-likeness (QED) is 0.746. The number of nitrogens with one attached hydrogen (secondary N) is 1. The van der Waals surface area contributed by atoms with E-state index in [1.54, 1.807) is 17.0 Å². The zero-order chi connectivity index (χ0) is 20.8. The molecule has 0 saturated carbocycles. The summed E-state index contributed by atoms with van der Waals surface area (Å²) in [6, 6.07) is 12.7. The van der Waals surface area contributed by atoms with E-state index in [0.717, 1.165) is 42.5 Å². The summed E-state index contributed by atoms with van der Waals surface area (Å²) < 4.78 is 18.9. The van der Waals surface area contributed by atoms with Crippen LogP contribution in [0.1, 0.15) is 12.5 Å². The second kappa shape index (κ2) is 9.94. The van der Waals surface area contributed by atoms with Gasteiger partial charge in [-0.3, -0.25) is 4.79 Å². The lowest BCUT2D eigenvalue weighted by Gasteiger charge is -2.34. The number of carbonyl (C=O) groups excluding carboxylic acids is 1. The molecule has 0 aliphatic carbocycles. The summed E-state index contributed by atoms with van der Waals surface area (Å²) in [5.74, 6) is -0.108. The maximum atomic E-state index is 13.9. The van der Waals surface area contributed by atoms with Crippen LogP contribution in [0, 0.1) is 5.82 Å². The fourth-order valence-corrected chi connectivity index (χ4v) is 3.93. The highest BCUT2D eigenvalue weighted by atomic mass is 35.5. The van der Waals surface area contributed by atoms with E-state index >= 15 is 0 Å². The molecular formula is C22H28ClFN3O2+. The van der Waals surface area contributed by atoms with E-state index in [4.69, 9.17) is 16.3 Å². The molecule has 2 aromatic carbocycles. The Kier molecular flexibility index (Phi) is 7.34. The molecule has 29 heavy (non-hydrogen) atoms. The van der Waals surface area contributed by atoms with E-state index in [9.17, 15) is 9.18 Å². The van der Waals surface area contributed by atoms with Gasteiger partial charge >= 0.3 is 0 Å². The lowest BCUT2D eigenvalue weighted by molar-refractivity contribution is -0.892. The number of carbonyl (C=O) groups is 1. The number of ether oxygens (including phenoxy) is 1. The first-order valence-corrected chi connectivity index (χ1v) is 10.3. The third-order valence-electron chi connectivity index (χ3n) is 5.39. The predicted octanol–water partition coefficient (Wildman–Crippen LogP) is 2.24. The Labute approximate surface area is 176 Å². The molecule has 0 unspecified atom stereocenters. The van der Waals surface area contributed by atoms with Crippen molar-refractivity contribution < 1.29 is 18.8 Å². The fraction of sp³-hybridized carbons (Fsp3) is 0.409. The van der Waals surface area contributed by atoms with E-state index in [1.807, 2.05) is 31.2 Å². The number of anilines is 1. The lowest BCUT2D eigenvalue weighted by Crippen LogP contribution is -3.15. The van der Waals surface area contributed by atoms with Crippen LogP contribution in [0.15, 0.2) is 42.5 Å². The maximum absolute atomic E-state index is 13.9. The molecule has 156 valence electrons. The van der Waals surface area contributed by atoms with Crippen molar-refractivity contribution >= 4 is 23.2 Å². The summed E-state index contributed by atoms with van der Waals surface area (Å²) in [4.78, 5) is 18.1. The van der Waals surface area contributed by atoms with Crippen LogP contribution >= 0.6 is 11.6 Å². The van der Waals surface area contributed by atoms with E-state index in [1.165, 1.54) is 18.1 Å². The fourth-order valence-electron chi connectivity index (χ4n) is 3.68. The molecule has 0 bridgehead atoms. The Morgan fingerprint density at radius 1 is 1.24 bits per heavy atom. The molecule has 2 aromatic rings. The average molecular weight is 421 g/mol. The van der Waals surface area contributed by atoms with Crippen LogP contribution in [-0.2, 0) is 11.3 Å². The molecule has 0 aromatic heterocycles. The molecule has 1 N–H and O–H groups in total. The van der Waals surface area contributed by atoms with Gasteiger partial charge in [0.1, 0.15) is 0 Å². The summed E-state index contributed by atoms with van der Waals surface area (Å²) in [5.41, 5.74) is 1.81. The van der Waals surface area contributed by atoms with Gasteiger partial charge in [0.25, 0.3) is 5.91 Å². The standard InChI is InChI=1S/C22H27ClFN3O2/c1-3-26(15-17-8-9-21(29-2)19(24)14-17)22(28)16-25-10-12-27(13-11-25)20-7-5-4-6-18(20)23/h4-9,14H,3,10-13,15-16H2,1-2H3/p+1. The molecular weight excluding hydrogens is 393 g/mol. The van der Waals surface area contributed by atoms with Gasteiger partial charge in [0, 0.05) is 13.1 Å². The molecule has 1 amide bonds. The highest BCUT2D eigenvalue weighted by Crippen LogP contribution is 2.24. The Hall–Kier alpha value is -2.31. The molecule has 1 aliphatic rings. The van der Waals surface area contributed by atoms with Crippen LogP contribution in [0.2, 0.25) is 5.02 Å². The van der Waals surface area contributed by atoms with Gasteiger partial charge in [-0.25, -0.2) is 4.39 Å². The molecule has 3 rings (SSSR count). The molecule has 1 saturated heterocycles. The predicted molar refractivity (Wildman–Crippen MR) is 113 cm³/mol. The van der Waals surface area contributed by atoms with E-state index in [-0.39, 0.29) is 11.7 Å². The van der Waals surface area contributed by atoms with Gasteiger partial charge in [0.2, 0.25) is 0 Å². The van der Waals surface area contributed by atoms with Gasteiger partial charge in [0.15, 0.2) is 18.1 Å². The smallest absolute Gasteiger partial charge is 0.278 e. The average Bonchev–Trinajstić information content (AvgIpc) is 2.73. The minimum absolute atomic E-state index is 0.0879. The van der Waals surface area contributed by atoms with Crippen molar-refractivity contribution in [2.45, 2.75) is 13.5 Å². The largest absolute Gasteiger partial charge is 0.494 e. The Morgan fingerprint density at radius 3 is 2.59 bits per heavy atom. The number of amides is 1. The molecule has 7 heteroatoms. The highest BCUT2D eigenvalue weighted by molar-refractivity contribution is 6.33. The van der Waals surface area contributed by atoms with Crippen molar-refractivity contribution in [1.82, 2.24) is 4.90 Å². The monoisotopic (exact) mass is 420 g/mol. The first-order chi connectivity index (χ1) is 14.0. The van der Waals surface area contributed by atoms with Crippen LogP contribution in [0.3, 0.4) is 0 Å². The molecule has 1 heterocycles. The first kappa shape index (κ1) is 21.4. The summed E-state index contributed by atoms with van der Waals surface area (Å²) >= 11 is 6.30. The molecule has 0 atom stereocenters. The van der Waals surface area contributed by atoms with Crippen LogP contribution < -0.4 is 14.5 Å². The minimum atomic E-state index is -0.408. The molecule has 0 radical (unpaired) electrons. The second-order valence-corrected chi connectivity index (χ2v) is 7.65. The lowest BCUT2D eigenvalue weighted by atomic mass is 10.2. The van der Waals surface area contributed by atoms with Gasteiger partial charge in [-0.15, -0.1) is 0 Å². The number of nitrogens with zero attached hydrogens (tertiary/aromatic N) is 2. The number of hydrogen-bond acceptors (Lipinski definition) is 3. The second-order valence-electron chi connectivity index (χ2n) is 7.24. The van der Waals surface area contributed by atoms with Crippen molar-refractivity contribution in [3.8, 4) is 5.75 Å². The van der Waals surface area contributed by atoms with Crippen LogP contribution in [0.4, 0.5) is 10.1 Å². The third-order valence-corrected chi connectivity index (χ3v) is 5.71. The Balaban J connectivity index is 1.54. The maximum Gasteiger partial charge on any atom is 0.278 e. The van der Waals surface area contributed by atoms with Crippen molar-refractivity contribution in [1.29, 1.82) is 0 Å². The van der Waals surface area contributed by atoms with Gasteiger partial charge in [-0.05, 0) is 36.8 Å². The summed E-state index contributed by atoms with van der Waals surface area (Å²) in [6.07, 6.45) is 0. The van der Waals surface area contributed by atoms with Gasteiger partial charge in [-0.1, -0.05) is 29.8 Å². The first-order valence-electron chi connectivity index (χ1n) is 9.95. The number of para-hydroxylation sites is 1. The summed E-state index contributed by atoms with van der Waals surface area (Å²) in [6.45, 7) is 6.87. The molecule has 5 nitrogen and oxygen atoms in total. The number of methoxy groups -OCH3 is 1. The number of benzene rings is 2. The normalized spacial score (nSPS) is 14.7. The number of halogens is 2. The van der Waals surface area contributed by atoms with Crippen molar-refractivity contribution in [3.63, 3.8) is 0 Å². The van der Waals surface area contributed by atoms with Crippen molar-refractivity contribution in [2.24, 2.45) is 0 Å². The van der Waals surface area contributed by atoms with Crippen molar-refractivity contribution in [2.75, 3.05) is 51.3 Å². The minimum Gasteiger partial charge on any atom is -0.494 e. The van der Waals surface area contributed by atoms with Crippen LogP contribution in [0.5, 0.6) is 5.75 Å². The summed E-state index contributed by atoms with van der Waals surface area (Å²) in [7, 11) is 1.44. The van der Waals surface area contributed by atoms with E-state index in [0.29, 0.717) is 19.6 Å². The SMILES string of the molecule is CCN(Cc1ccc(OC)c(F)c1)C(=O)C[NH+]1CCN(c2ccccc2Cl)CC1. The Bertz CT molecular complexity index is 841. The van der Waals surface area contributed by atoms with E-state index < -0.39 is 5.82 Å². The molecule has 1 fully saturated rings. The Morgan fingerprint density at radius 2 is 1.97 bits per heavy atom. The van der Waals surface area contributed by atoms with E-state index in [2.05, 4.69) is 4.90 Å². The number of likely N-dealkylation sites (N-methyl/N-ethyl adjacent to an activating group) is 1. The molecule has 0 spiro atoms. The van der Waals surface area contributed by atoms with Crippen LogP contribution in [-0.4, -0.2) is 57.2 Å². The third kappa shape index (κ3) is 5.40.